The highest BCUT2D eigenvalue weighted by Crippen LogP contribution is 2.29. The van der Waals surface area contributed by atoms with E-state index < -0.39 is 35.6 Å². The Kier molecular flexibility index (Phi) is 8.20. The monoisotopic (exact) mass is 519 g/mol. The van der Waals surface area contributed by atoms with E-state index in [-0.39, 0.29) is 33.8 Å². The zero-order valence-corrected chi connectivity index (χ0v) is 21.2. The third-order valence-electron chi connectivity index (χ3n) is 5.46. The standard InChI is InChI=1S/C24H27ClFN5O5/c1-24(2,3)36-23(34)28-15-7-9-30(10-8-15)22-29-20(16-6-5-14(12-27)11-17(16)26)19(25)21(33)31(22)13-18(32)35-4/h5-6,11,15H,7-10,13H2,1-4H3,(H,28,34). The quantitative estimate of drug-likeness (QED) is 0.596. The van der Waals surface area contributed by atoms with Crippen LogP contribution < -0.4 is 15.8 Å². The van der Waals surface area contributed by atoms with Gasteiger partial charge in [0, 0.05) is 24.7 Å². The van der Waals surface area contributed by atoms with Gasteiger partial charge in [0.1, 0.15) is 28.7 Å². The van der Waals surface area contributed by atoms with Crippen LogP contribution in [0.25, 0.3) is 11.3 Å². The predicted molar refractivity (Wildman–Crippen MR) is 130 cm³/mol. The molecule has 1 N–H and O–H groups in total. The molecule has 1 aromatic carbocycles. The van der Waals surface area contributed by atoms with Crippen LogP contribution in [-0.4, -0.2) is 53.5 Å². The first kappa shape index (κ1) is 26.9. The van der Waals surface area contributed by atoms with Crippen molar-refractivity contribution in [1.82, 2.24) is 14.9 Å². The minimum absolute atomic E-state index is 0.0518. The Hall–Kier alpha value is -3.65. The molecule has 12 heteroatoms. The SMILES string of the molecule is COC(=O)Cn1c(N2CCC(NC(=O)OC(C)(C)C)CC2)nc(-c2ccc(C#N)cc2F)c(Cl)c1=O. The van der Waals surface area contributed by atoms with Crippen LogP contribution in [0.4, 0.5) is 15.1 Å². The lowest BCUT2D eigenvalue weighted by atomic mass is 10.1. The first-order chi connectivity index (χ1) is 16.9. The van der Waals surface area contributed by atoms with Crippen LogP contribution in [0.15, 0.2) is 23.0 Å². The Morgan fingerprint density at radius 1 is 1.31 bits per heavy atom. The van der Waals surface area contributed by atoms with Crippen molar-refractivity contribution in [2.75, 3.05) is 25.1 Å². The molecular weight excluding hydrogens is 493 g/mol. The Balaban J connectivity index is 1.94. The Bertz CT molecular complexity index is 1260. The van der Waals surface area contributed by atoms with Gasteiger partial charge in [-0.2, -0.15) is 5.26 Å². The molecule has 3 rings (SSSR count). The largest absolute Gasteiger partial charge is 0.468 e. The summed E-state index contributed by atoms with van der Waals surface area (Å²) in [7, 11) is 1.19. The van der Waals surface area contributed by atoms with E-state index in [0.717, 1.165) is 10.6 Å². The topological polar surface area (TPSA) is 127 Å². The van der Waals surface area contributed by atoms with E-state index >= 15 is 0 Å². The maximum absolute atomic E-state index is 14.8. The van der Waals surface area contributed by atoms with Crippen LogP contribution in [0.2, 0.25) is 5.02 Å². The van der Waals surface area contributed by atoms with Gasteiger partial charge in [-0.05, 0) is 51.8 Å². The lowest BCUT2D eigenvalue weighted by molar-refractivity contribution is -0.141. The molecule has 1 fully saturated rings. The molecule has 1 aliphatic rings. The van der Waals surface area contributed by atoms with Gasteiger partial charge < -0.3 is 19.7 Å². The van der Waals surface area contributed by atoms with E-state index in [1.165, 1.54) is 19.2 Å². The molecule has 192 valence electrons. The van der Waals surface area contributed by atoms with Crippen molar-refractivity contribution in [3.05, 3.63) is 45.0 Å². The van der Waals surface area contributed by atoms with Gasteiger partial charge in [-0.1, -0.05) is 11.6 Å². The van der Waals surface area contributed by atoms with Gasteiger partial charge in [0.15, 0.2) is 0 Å². The van der Waals surface area contributed by atoms with Gasteiger partial charge in [0.25, 0.3) is 5.56 Å². The second kappa shape index (κ2) is 11.0. The molecule has 0 unspecified atom stereocenters. The number of carbonyl (C=O) groups is 2. The minimum Gasteiger partial charge on any atom is -0.468 e. The molecule has 0 atom stereocenters. The third-order valence-corrected chi connectivity index (χ3v) is 5.80. The van der Waals surface area contributed by atoms with Crippen molar-refractivity contribution in [3.63, 3.8) is 0 Å². The minimum atomic E-state index is -0.764. The van der Waals surface area contributed by atoms with Crippen molar-refractivity contribution in [2.45, 2.75) is 51.8 Å². The number of rotatable bonds is 5. The number of amides is 1. The van der Waals surface area contributed by atoms with Crippen LogP contribution in [0.5, 0.6) is 0 Å². The lowest BCUT2D eigenvalue weighted by Crippen LogP contribution is -2.47. The zero-order chi connectivity index (χ0) is 26.6. The number of hydrogen-bond donors (Lipinski definition) is 1. The second-order valence-corrected chi connectivity index (χ2v) is 9.63. The number of ether oxygens (including phenoxy) is 2. The van der Waals surface area contributed by atoms with Gasteiger partial charge in [-0.25, -0.2) is 14.2 Å². The van der Waals surface area contributed by atoms with E-state index in [2.05, 4.69) is 10.3 Å². The predicted octanol–water partition coefficient (Wildman–Crippen LogP) is 3.24. The fraction of sp³-hybridized carbons (Fsp3) is 0.458. The Morgan fingerprint density at radius 2 is 1.97 bits per heavy atom. The molecule has 36 heavy (non-hydrogen) atoms. The highest BCUT2D eigenvalue weighted by Gasteiger charge is 2.28. The van der Waals surface area contributed by atoms with Crippen LogP contribution in [0.3, 0.4) is 0 Å². The Labute approximate surface area is 212 Å². The summed E-state index contributed by atoms with van der Waals surface area (Å²) in [6.07, 6.45) is 0.499. The number of benzene rings is 1. The van der Waals surface area contributed by atoms with Crippen molar-refractivity contribution >= 4 is 29.6 Å². The van der Waals surface area contributed by atoms with Crippen molar-refractivity contribution < 1.29 is 23.5 Å². The summed E-state index contributed by atoms with van der Waals surface area (Å²) in [4.78, 5) is 43.6. The molecule has 1 amide bonds. The van der Waals surface area contributed by atoms with Crippen molar-refractivity contribution in [3.8, 4) is 17.3 Å². The summed E-state index contributed by atoms with van der Waals surface area (Å²) in [6, 6.07) is 5.43. The van der Waals surface area contributed by atoms with Gasteiger partial charge >= 0.3 is 12.1 Å². The van der Waals surface area contributed by atoms with Crippen LogP contribution in [0.1, 0.15) is 39.2 Å². The summed E-state index contributed by atoms with van der Waals surface area (Å²) in [6.45, 7) is 5.64. The number of esters is 1. The van der Waals surface area contributed by atoms with E-state index in [9.17, 15) is 18.8 Å². The lowest BCUT2D eigenvalue weighted by Gasteiger charge is -2.34. The number of piperidine rings is 1. The summed E-state index contributed by atoms with van der Waals surface area (Å²) < 4.78 is 25.9. The van der Waals surface area contributed by atoms with Gasteiger partial charge in [0.05, 0.1) is 18.7 Å². The average Bonchev–Trinajstić information content (AvgIpc) is 2.81. The fourth-order valence-corrected chi connectivity index (χ4v) is 4.00. The second-order valence-electron chi connectivity index (χ2n) is 9.26. The zero-order valence-electron chi connectivity index (χ0n) is 20.4. The Morgan fingerprint density at radius 3 is 2.53 bits per heavy atom. The number of carbonyl (C=O) groups excluding carboxylic acids is 2. The van der Waals surface area contributed by atoms with E-state index in [1.54, 1.807) is 25.7 Å². The number of nitriles is 1. The molecular formula is C24H27ClFN5O5. The molecule has 1 aromatic heterocycles. The molecule has 0 aliphatic carbocycles. The van der Waals surface area contributed by atoms with E-state index in [0.29, 0.717) is 25.9 Å². The number of hydrogen-bond acceptors (Lipinski definition) is 8. The molecule has 10 nitrogen and oxygen atoms in total. The molecule has 1 aliphatic heterocycles. The summed E-state index contributed by atoms with van der Waals surface area (Å²) in [5.74, 6) is -1.33. The summed E-state index contributed by atoms with van der Waals surface area (Å²) >= 11 is 6.29. The van der Waals surface area contributed by atoms with Crippen LogP contribution in [0, 0.1) is 17.1 Å². The molecule has 0 saturated carbocycles. The van der Waals surface area contributed by atoms with Gasteiger partial charge in [-0.3, -0.25) is 14.2 Å². The number of nitrogens with zero attached hydrogens (tertiary/aromatic N) is 4. The highest BCUT2D eigenvalue weighted by atomic mass is 35.5. The average molecular weight is 520 g/mol. The first-order valence-electron chi connectivity index (χ1n) is 11.2. The third kappa shape index (κ3) is 6.31. The van der Waals surface area contributed by atoms with E-state index in [1.807, 2.05) is 6.07 Å². The number of aromatic nitrogens is 2. The number of alkyl carbamates (subject to hydrolysis) is 1. The molecule has 0 spiro atoms. The number of nitrogens with one attached hydrogen (secondary N) is 1. The highest BCUT2D eigenvalue weighted by molar-refractivity contribution is 6.32. The normalized spacial score (nSPS) is 14.2. The summed E-state index contributed by atoms with van der Waals surface area (Å²) in [5, 5.41) is 11.5. The van der Waals surface area contributed by atoms with Gasteiger partial charge in [-0.15, -0.1) is 0 Å². The smallest absolute Gasteiger partial charge is 0.407 e. The molecule has 2 heterocycles. The first-order valence-corrected chi connectivity index (χ1v) is 11.6. The maximum atomic E-state index is 14.8. The number of halogens is 2. The van der Waals surface area contributed by atoms with Crippen molar-refractivity contribution in [1.29, 1.82) is 5.26 Å². The molecule has 0 radical (unpaired) electrons. The fourth-order valence-electron chi connectivity index (χ4n) is 3.75. The molecule has 2 aromatic rings. The molecule has 0 bridgehead atoms. The summed E-state index contributed by atoms with van der Waals surface area (Å²) in [5.41, 5.74) is -1.41. The number of methoxy groups -OCH3 is 1. The van der Waals surface area contributed by atoms with Crippen molar-refractivity contribution in [2.24, 2.45) is 0 Å². The van der Waals surface area contributed by atoms with Crippen LogP contribution in [-0.2, 0) is 20.8 Å². The number of anilines is 1. The molecule has 1 saturated heterocycles. The van der Waals surface area contributed by atoms with Gasteiger partial charge in [0.2, 0.25) is 5.95 Å². The van der Waals surface area contributed by atoms with Crippen LogP contribution >= 0.6 is 11.6 Å². The maximum Gasteiger partial charge on any atom is 0.407 e. The van der Waals surface area contributed by atoms with E-state index in [4.69, 9.17) is 26.3 Å².